The average Bonchev–Trinajstić information content (AvgIpc) is 3.16. The monoisotopic (exact) mass is 314 g/mol. The van der Waals surface area contributed by atoms with Crippen molar-refractivity contribution in [3.05, 3.63) is 57.0 Å². The first kappa shape index (κ1) is 12.9. The number of anilines is 1. The van der Waals surface area contributed by atoms with Gasteiger partial charge >= 0.3 is 0 Å². The molecule has 1 aliphatic rings. The molecule has 0 saturated heterocycles. The summed E-state index contributed by atoms with van der Waals surface area (Å²) < 4.78 is 0. The molecule has 0 fully saturated rings. The Bertz CT molecular complexity index is 735. The van der Waals surface area contributed by atoms with Crippen molar-refractivity contribution >= 4 is 27.8 Å². The van der Waals surface area contributed by atoms with Crippen LogP contribution in [0.1, 0.15) is 21.1 Å². The van der Waals surface area contributed by atoms with E-state index >= 15 is 0 Å². The number of hydrogen-bond acceptors (Lipinski definition) is 6. The first-order valence-corrected chi connectivity index (χ1v) is 8.60. The van der Waals surface area contributed by atoms with Crippen LogP contribution in [0, 0.1) is 0 Å². The SMILES string of the molecule is c1ccc(Cc2nnc(N3CCc4ncsc4C3)s2)cc1. The Morgan fingerprint density at radius 3 is 2.95 bits per heavy atom. The van der Waals surface area contributed by atoms with Gasteiger partial charge in [-0.15, -0.1) is 21.5 Å². The Morgan fingerprint density at radius 1 is 1.14 bits per heavy atom. The van der Waals surface area contributed by atoms with Crippen molar-refractivity contribution in [2.24, 2.45) is 0 Å². The zero-order valence-electron chi connectivity index (χ0n) is 11.4. The van der Waals surface area contributed by atoms with E-state index in [1.54, 1.807) is 22.7 Å². The van der Waals surface area contributed by atoms with Gasteiger partial charge in [0.05, 0.1) is 17.7 Å². The largest absolute Gasteiger partial charge is 0.341 e. The minimum Gasteiger partial charge on any atom is -0.341 e. The van der Waals surface area contributed by atoms with Gasteiger partial charge in [0.15, 0.2) is 0 Å². The molecule has 3 heterocycles. The van der Waals surface area contributed by atoms with Crippen LogP contribution in [0.2, 0.25) is 0 Å². The lowest BCUT2D eigenvalue weighted by molar-refractivity contribution is 0.721. The molecule has 0 radical (unpaired) electrons. The summed E-state index contributed by atoms with van der Waals surface area (Å²) in [6.07, 6.45) is 1.87. The van der Waals surface area contributed by atoms with E-state index in [1.165, 1.54) is 16.1 Å². The predicted octanol–water partition coefficient (Wildman–Crippen LogP) is 3.15. The van der Waals surface area contributed by atoms with E-state index in [9.17, 15) is 0 Å². The van der Waals surface area contributed by atoms with Crippen LogP contribution in [0.25, 0.3) is 0 Å². The van der Waals surface area contributed by atoms with E-state index in [-0.39, 0.29) is 0 Å². The first-order chi connectivity index (χ1) is 10.4. The second-order valence-electron chi connectivity index (χ2n) is 5.03. The van der Waals surface area contributed by atoms with Crippen LogP contribution in [0.15, 0.2) is 35.8 Å². The third kappa shape index (κ3) is 2.69. The Morgan fingerprint density at radius 2 is 2.05 bits per heavy atom. The normalized spacial score (nSPS) is 14.2. The third-order valence-corrected chi connectivity index (χ3v) is 5.45. The van der Waals surface area contributed by atoms with Crippen LogP contribution in [0.4, 0.5) is 5.13 Å². The molecule has 6 heteroatoms. The van der Waals surface area contributed by atoms with E-state index in [2.05, 4.69) is 44.3 Å². The molecule has 3 aromatic rings. The van der Waals surface area contributed by atoms with Crippen LogP contribution in [-0.4, -0.2) is 21.7 Å². The lowest BCUT2D eigenvalue weighted by Crippen LogP contribution is -2.29. The lowest BCUT2D eigenvalue weighted by Gasteiger charge is -2.24. The molecule has 0 amide bonds. The fourth-order valence-electron chi connectivity index (χ4n) is 2.50. The van der Waals surface area contributed by atoms with E-state index in [1.807, 2.05) is 11.6 Å². The summed E-state index contributed by atoms with van der Waals surface area (Å²) in [4.78, 5) is 8.08. The smallest absolute Gasteiger partial charge is 0.208 e. The number of nitrogens with zero attached hydrogens (tertiary/aromatic N) is 4. The molecule has 1 aromatic carbocycles. The standard InChI is InChI=1S/C15H14N4S2/c1-2-4-11(5-3-1)8-14-17-18-15(21-14)19-7-6-12-13(9-19)20-10-16-12/h1-5,10H,6-9H2. The Labute approximate surface area is 131 Å². The number of thiazole rings is 1. The number of rotatable bonds is 3. The van der Waals surface area contributed by atoms with Crippen molar-refractivity contribution in [1.82, 2.24) is 15.2 Å². The van der Waals surface area contributed by atoms with Gasteiger partial charge in [-0.2, -0.15) is 0 Å². The molecule has 4 rings (SSSR count). The molecule has 0 aliphatic carbocycles. The van der Waals surface area contributed by atoms with Gasteiger partial charge < -0.3 is 4.90 Å². The molecule has 0 unspecified atom stereocenters. The molecule has 0 spiro atoms. The zero-order valence-corrected chi connectivity index (χ0v) is 13.0. The fraction of sp³-hybridized carbons (Fsp3) is 0.267. The molecular formula is C15H14N4S2. The maximum absolute atomic E-state index is 4.41. The molecule has 2 aromatic heterocycles. The first-order valence-electron chi connectivity index (χ1n) is 6.91. The zero-order chi connectivity index (χ0) is 14.1. The third-order valence-electron chi connectivity index (χ3n) is 3.60. The Kier molecular flexibility index (Phi) is 3.40. The van der Waals surface area contributed by atoms with Gasteiger partial charge in [-0.1, -0.05) is 41.7 Å². The second kappa shape index (κ2) is 5.54. The Balaban J connectivity index is 1.50. The van der Waals surface area contributed by atoms with Crippen LogP contribution in [0.3, 0.4) is 0 Å². The van der Waals surface area contributed by atoms with Crippen LogP contribution < -0.4 is 4.90 Å². The van der Waals surface area contributed by atoms with Crippen molar-refractivity contribution in [3.8, 4) is 0 Å². The summed E-state index contributed by atoms with van der Waals surface area (Å²) in [5.74, 6) is 0. The molecule has 4 nitrogen and oxygen atoms in total. The highest BCUT2D eigenvalue weighted by Gasteiger charge is 2.21. The molecule has 0 saturated carbocycles. The van der Waals surface area contributed by atoms with Gasteiger partial charge in [-0.05, 0) is 5.56 Å². The minimum atomic E-state index is 0.859. The van der Waals surface area contributed by atoms with E-state index in [0.717, 1.165) is 36.1 Å². The van der Waals surface area contributed by atoms with Crippen molar-refractivity contribution < 1.29 is 0 Å². The lowest BCUT2D eigenvalue weighted by atomic mass is 10.2. The van der Waals surface area contributed by atoms with Gasteiger partial charge in [0.2, 0.25) is 5.13 Å². The summed E-state index contributed by atoms with van der Waals surface area (Å²) in [5, 5.41) is 10.8. The van der Waals surface area contributed by atoms with Gasteiger partial charge in [0.25, 0.3) is 0 Å². The molecule has 0 atom stereocenters. The fourth-order valence-corrected chi connectivity index (χ4v) is 4.22. The van der Waals surface area contributed by atoms with E-state index < -0.39 is 0 Å². The van der Waals surface area contributed by atoms with E-state index in [4.69, 9.17) is 0 Å². The van der Waals surface area contributed by atoms with Crippen LogP contribution >= 0.6 is 22.7 Å². The maximum Gasteiger partial charge on any atom is 0.208 e. The van der Waals surface area contributed by atoms with Gasteiger partial charge in [-0.25, -0.2) is 4.98 Å². The van der Waals surface area contributed by atoms with Gasteiger partial charge in [0, 0.05) is 24.3 Å². The maximum atomic E-state index is 4.41. The summed E-state index contributed by atoms with van der Waals surface area (Å²) in [7, 11) is 0. The minimum absolute atomic E-state index is 0.859. The van der Waals surface area contributed by atoms with Gasteiger partial charge in [0.1, 0.15) is 5.01 Å². The number of fused-ring (bicyclic) bond motifs is 1. The molecule has 21 heavy (non-hydrogen) atoms. The number of benzene rings is 1. The second-order valence-corrected chi connectivity index (χ2v) is 7.01. The highest BCUT2D eigenvalue weighted by molar-refractivity contribution is 7.15. The van der Waals surface area contributed by atoms with Crippen molar-refractivity contribution in [2.75, 3.05) is 11.4 Å². The topological polar surface area (TPSA) is 41.9 Å². The van der Waals surface area contributed by atoms with Crippen molar-refractivity contribution in [2.45, 2.75) is 19.4 Å². The van der Waals surface area contributed by atoms with Crippen molar-refractivity contribution in [3.63, 3.8) is 0 Å². The summed E-state index contributed by atoms with van der Waals surface area (Å²) in [6.45, 7) is 1.90. The molecule has 0 bridgehead atoms. The quantitative estimate of drug-likeness (QED) is 0.745. The number of hydrogen-bond donors (Lipinski definition) is 0. The Hall–Kier alpha value is -1.79. The summed E-state index contributed by atoms with van der Waals surface area (Å²) >= 11 is 3.44. The summed E-state index contributed by atoms with van der Waals surface area (Å²) in [5.41, 5.74) is 4.48. The average molecular weight is 314 g/mol. The highest BCUT2D eigenvalue weighted by Crippen LogP contribution is 2.29. The van der Waals surface area contributed by atoms with Crippen LogP contribution in [-0.2, 0) is 19.4 Å². The van der Waals surface area contributed by atoms with Crippen molar-refractivity contribution in [1.29, 1.82) is 0 Å². The molecule has 0 N–H and O–H groups in total. The summed E-state index contributed by atoms with van der Waals surface area (Å²) in [6, 6.07) is 10.4. The van der Waals surface area contributed by atoms with Gasteiger partial charge in [-0.3, -0.25) is 0 Å². The van der Waals surface area contributed by atoms with Crippen LogP contribution in [0.5, 0.6) is 0 Å². The van der Waals surface area contributed by atoms with E-state index in [0.29, 0.717) is 0 Å². The molecular weight excluding hydrogens is 300 g/mol. The molecule has 1 aliphatic heterocycles. The molecule has 106 valence electrons. The highest BCUT2D eigenvalue weighted by atomic mass is 32.1. The predicted molar refractivity (Wildman–Crippen MR) is 86.0 cm³/mol. The number of aromatic nitrogens is 3.